The van der Waals surface area contributed by atoms with Crippen molar-refractivity contribution < 1.29 is 14.3 Å². The van der Waals surface area contributed by atoms with Gasteiger partial charge in [-0.25, -0.2) is 0 Å². The van der Waals surface area contributed by atoms with E-state index in [1.165, 1.54) is 0 Å². The molecule has 2 aromatic carbocycles. The van der Waals surface area contributed by atoms with Crippen LogP contribution >= 0.6 is 11.6 Å². The maximum Gasteiger partial charge on any atom is 0.262 e. The van der Waals surface area contributed by atoms with Crippen LogP contribution in [-0.4, -0.2) is 36.4 Å². The van der Waals surface area contributed by atoms with E-state index in [4.69, 9.17) is 16.3 Å². The summed E-state index contributed by atoms with van der Waals surface area (Å²) in [6.45, 7) is 7.03. The molecule has 6 heteroatoms. The molecule has 1 N–H and O–H groups in total. The van der Waals surface area contributed by atoms with Crippen molar-refractivity contribution in [3.05, 3.63) is 58.6 Å². The average Bonchev–Trinajstić information content (AvgIpc) is 2.68. The second-order valence-corrected chi connectivity index (χ2v) is 6.41. The lowest BCUT2D eigenvalue weighted by Crippen LogP contribution is -2.30. The summed E-state index contributed by atoms with van der Waals surface area (Å²) in [7, 11) is 0. The van der Waals surface area contributed by atoms with E-state index in [-0.39, 0.29) is 18.4 Å². The summed E-state index contributed by atoms with van der Waals surface area (Å²) in [5.41, 5.74) is 2.08. The van der Waals surface area contributed by atoms with Crippen LogP contribution in [-0.2, 0) is 11.2 Å². The molecule has 27 heavy (non-hydrogen) atoms. The first-order valence-corrected chi connectivity index (χ1v) is 9.46. The first-order chi connectivity index (χ1) is 13.0. The number of hydrogen-bond acceptors (Lipinski definition) is 3. The molecule has 0 saturated heterocycles. The topological polar surface area (TPSA) is 58.6 Å². The SMILES string of the molecule is CCc1cc(OCC(=O)Nc2cccc(C(=O)N(CC)CC)c2)ccc1Cl. The second kappa shape index (κ2) is 9.97. The van der Waals surface area contributed by atoms with Gasteiger partial charge in [0.1, 0.15) is 5.75 Å². The summed E-state index contributed by atoms with van der Waals surface area (Å²) in [5.74, 6) is 0.243. The molecule has 2 rings (SSSR count). The van der Waals surface area contributed by atoms with E-state index < -0.39 is 0 Å². The highest BCUT2D eigenvalue weighted by Crippen LogP contribution is 2.22. The lowest BCUT2D eigenvalue weighted by molar-refractivity contribution is -0.118. The summed E-state index contributed by atoms with van der Waals surface area (Å²) in [6.07, 6.45) is 0.787. The molecule has 2 amide bonds. The average molecular weight is 389 g/mol. The molecule has 0 atom stereocenters. The third kappa shape index (κ3) is 5.73. The summed E-state index contributed by atoms with van der Waals surface area (Å²) in [4.78, 5) is 26.3. The third-order valence-corrected chi connectivity index (χ3v) is 4.58. The number of benzene rings is 2. The van der Waals surface area contributed by atoms with Crippen LogP contribution in [0.15, 0.2) is 42.5 Å². The molecule has 0 saturated carbocycles. The molecule has 0 fully saturated rings. The number of ether oxygens (including phenoxy) is 1. The second-order valence-electron chi connectivity index (χ2n) is 6.00. The Bertz CT molecular complexity index is 804. The van der Waals surface area contributed by atoms with Crippen LogP contribution in [0.3, 0.4) is 0 Å². The van der Waals surface area contributed by atoms with E-state index in [2.05, 4.69) is 5.32 Å². The van der Waals surface area contributed by atoms with Crippen LogP contribution in [0.25, 0.3) is 0 Å². The van der Waals surface area contributed by atoms with Gasteiger partial charge in [0.05, 0.1) is 0 Å². The number of halogens is 1. The quantitative estimate of drug-likeness (QED) is 0.729. The molecular weight excluding hydrogens is 364 g/mol. The predicted octanol–water partition coefficient (Wildman–Crippen LogP) is 4.40. The summed E-state index contributed by atoms with van der Waals surface area (Å²) in [6, 6.07) is 12.2. The van der Waals surface area contributed by atoms with Crippen LogP contribution in [0.2, 0.25) is 5.02 Å². The number of carbonyl (C=O) groups is 2. The van der Waals surface area contributed by atoms with Gasteiger partial charge in [0.15, 0.2) is 6.61 Å². The number of carbonyl (C=O) groups excluding carboxylic acids is 2. The van der Waals surface area contributed by atoms with Gasteiger partial charge in [-0.3, -0.25) is 9.59 Å². The number of aryl methyl sites for hydroxylation is 1. The van der Waals surface area contributed by atoms with E-state index >= 15 is 0 Å². The maximum atomic E-state index is 12.4. The van der Waals surface area contributed by atoms with E-state index in [1.54, 1.807) is 41.3 Å². The Hall–Kier alpha value is -2.53. The molecule has 0 aromatic heterocycles. The standard InChI is InChI=1S/C21H25ClN2O3/c1-4-15-13-18(10-11-19(15)22)27-14-20(25)23-17-9-7-8-16(12-17)21(26)24(5-2)6-3/h7-13H,4-6,14H2,1-3H3,(H,23,25). The largest absolute Gasteiger partial charge is 0.484 e. The minimum Gasteiger partial charge on any atom is -0.484 e. The predicted molar refractivity (Wildman–Crippen MR) is 109 cm³/mol. The Kier molecular flexibility index (Phi) is 7.67. The lowest BCUT2D eigenvalue weighted by atomic mass is 10.1. The van der Waals surface area contributed by atoms with Crippen LogP contribution in [0.1, 0.15) is 36.7 Å². The fraction of sp³-hybridized carbons (Fsp3) is 0.333. The normalized spacial score (nSPS) is 10.4. The van der Waals surface area contributed by atoms with Crippen molar-refractivity contribution in [2.24, 2.45) is 0 Å². The fourth-order valence-electron chi connectivity index (χ4n) is 2.68. The third-order valence-electron chi connectivity index (χ3n) is 4.21. The highest BCUT2D eigenvalue weighted by molar-refractivity contribution is 6.31. The summed E-state index contributed by atoms with van der Waals surface area (Å²) < 4.78 is 5.54. The van der Waals surface area contributed by atoms with Gasteiger partial charge in [-0.05, 0) is 62.2 Å². The maximum absolute atomic E-state index is 12.4. The summed E-state index contributed by atoms with van der Waals surface area (Å²) in [5, 5.41) is 3.45. The van der Waals surface area contributed by atoms with Gasteiger partial charge in [-0.15, -0.1) is 0 Å². The van der Waals surface area contributed by atoms with E-state index in [9.17, 15) is 9.59 Å². The first-order valence-electron chi connectivity index (χ1n) is 9.08. The van der Waals surface area contributed by atoms with E-state index in [1.807, 2.05) is 26.8 Å². The Morgan fingerprint density at radius 1 is 1.07 bits per heavy atom. The van der Waals surface area contributed by atoms with Gasteiger partial charge in [0, 0.05) is 29.4 Å². The molecule has 0 bridgehead atoms. The van der Waals surface area contributed by atoms with Crippen molar-refractivity contribution in [1.82, 2.24) is 4.90 Å². The van der Waals surface area contributed by atoms with Crippen LogP contribution in [0.5, 0.6) is 5.75 Å². The molecule has 0 heterocycles. The van der Waals surface area contributed by atoms with Crippen molar-refractivity contribution >= 4 is 29.1 Å². The molecular formula is C21H25ClN2O3. The van der Waals surface area contributed by atoms with Crippen LogP contribution in [0.4, 0.5) is 5.69 Å². The zero-order valence-corrected chi connectivity index (χ0v) is 16.7. The molecule has 0 aliphatic carbocycles. The fourth-order valence-corrected chi connectivity index (χ4v) is 2.93. The highest BCUT2D eigenvalue weighted by atomic mass is 35.5. The molecule has 5 nitrogen and oxygen atoms in total. The number of amides is 2. The van der Waals surface area contributed by atoms with Crippen molar-refractivity contribution in [1.29, 1.82) is 0 Å². The van der Waals surface area contributed by atoms with E-state index in [0.717, 1.165) is 12.0 Å². The van der Waals surface area contributed by atoms with Crippen LogP contribution in [0, 0.1) is 0 Å². The molecule has 0 spiro atoms. The molecule has 144 valence electrons. The smallest absolute Gasteiger partial charge is 0.262 e. The van der Waals surface area contributed by atoms with E-state index in [0.29, 0.717) is 35.1 Å². The zero-order chi connectivity index (χ0) is 19.8. The van der Waals surface area contributed by atoms with Gasteiger partial charge < -0.3 is 15.0 Å². The van der Waals surface area contributed by atoms with Crippen LogP contribution < -0.4 is 10.1 Å². The monoisotopic (exact) mass is 388 g/mol. The molecule has 0 unspecified atom stereocenters. The van der Waals surface area contributed by atoms with Crippen molar-refractivity contribution in [3.8, 4) is 5.75 Å². The van der Waals surface area contributed by atoms with Gasteiger partial charge in [-0.2, -0.15) is 0 Å². The molecule has 0 aliphatic heterocycles. The minimum atomic E-state index is -0.296. The first kappa shape index (κ1) is 20.8. The lowest BCUT2D eigenvalue weighted by Gasteiger charge is -2.19. The number of rotatable bonds is 8. The number of hydrogen-bond donors (Lipinski definition) is 1. The Morgan fingerprint density at radius 3 is 2.48 bits per heavy atom. The number of nitrogens with zero attached hydrogens (tertiary/aromatic N) is 1. The minimum absolute atomic E-state index is 0.0550. The van der Waals surface area contributed by atoms with Gasteiger partial charge >= 0.3 is 0 Å². The Morgan fingerprint density at radius 2 is 1.81 bits per heavy atom. The zero-order valence-electron chi connectivity index (χ0n) is 15.9. The number of anilines is 1. The summed E-state index contributed by atoms with van der Waals surface area (Å²) >= 11 is 6.08. The van der Waals surface area contributed by atoms with Crippen molar-refractivity contribution in [2.45, 2.75) is 27.2 Å². The molecule has 0 radical (unpaired) electrons. The van der Waals surface area contributed by atoms with Gasteiger partial charge in [0.2, 0.25) is 0 Å². The van der Waals surface area contributed by atoms with Gasteiger partial charge in [-0.1, -0.05) is 24.6 Å². The Labute approximate surface area is 165 Å². The highest BCUT2D eigenvalue weighted by Gasteiger charge is 2.13. The van der Waals surface area contributed by atoms with Gasteiger partial charge in [0.25, 0.3) is 11.8 Å². The number of nitrogens with one attached hydrogen (secondary N) is 1. The van der Waals surface area contributed by atoms with Crippen molar-refractivity contribution in [3.63, 3.8) is 0 Å². The molecule has 2 aromatic rings. The van der Waals surface area contributed by atoms with Crippen molar-refractivity contribution in [2.75, 3.05) is 25.0 Å². The molecule has 0 aliphatic rings. The Balaban J connectivity index is 1.98.